The van der Waals surface area contributed by atoms with Crippen LogP contribution in [0.15, 0.2) is 126 Å². The van der Waals surface area contributed by atoms with Crippen molar-refractivity contribution < 1.29 is 4.42 Å². The minimum Gasteiger partial charge on any atom is -0.213 e. The lowest BCUT2D eigenvalue weighted by Gasteiger charge is -2.05. The summed E-state index contributed by atoms with van der Waals surface area (Å²) in [6, 6.07) is 42.4. The van der Waals surface area contributed by atoms with Crippen molar-refractivity contribution in [3.05, 3.63) is 127 Å². The van der Waals surface area contributed by atoms with Gasteiger partial charge in [0.05, 0.1) is 18.6 Å². The van der Waals surface area contributed by atoms with E-state index in [9.17, 15) is 0 Å². The van der Waals surface area contributed by atoms with Crippen LogP contribution < -0.4 is 0 Å². The Labute approximate surface area is 183 Å². The summed E-state index contributed by atoms with van der Waals surface area (Å²) < 4.78 is 6.06. The van der Waals surface area contributed by atoms with Gasteiger partial charge in [-0.2, -0.15) is 0 Å². The van der Waals surface area contributed by atoms with E-state index < -0.39 is 0 Å². The fourth-order valence-electron chi connectivity index (χ4n) is 3.89. The maximum absolute atomic E-state index is 6.06. The van der Waals surface area contributed by atoms with Crippen LogP contribution in [0, 0.1) is 6.92 Å². The topological polar surface area (TPSA) is 11.3 Å². The molecule has 0 aliphatic carbocycles. The van der Waals surface area contributed by atoms with Gasteiger partial charge in [-0.05, 0) is 39.9 Å². The van der Waals surface area contributed by atoms with Crippen molar-refractivity contribution in [2.45, 2.75) is 6.92 Å². The summed E-state index contributed by atoms with van der Waals surface area (Å²) in [6.45, 7) is 2.00. The lowest BCUT2D eigenvalue weighted by molar-refractivity contribution is 0.532. The first-order valence-corrected chi connectivity index (χ1v) is 10.5. The van der Waals surface area contributed by atoms with Crippen LogP contribution in [0.2, 0.25) is 0 Å². The molecule has 0 aliphatic heterocycles. The van der Waals surface area contributed by atoms with E-state index in [0.29, 0.717) is 0 Å². The van der Waals surface area contributed by atoms with E-state index in [1.54, 1.807) is 0 Å². The predicted octanol–water partition coefficient (Wildman–Crippen LogP) is 8.54. The van der Waals surface area contributed by atoms with Crippen LogP contribution in [0.5, 0.6) is 0 Å². The molecule has 1 heterocycles. The monoisotopic (exact) mass is 399 g/mol. The van der Waals surface area contributed by atoms with Crippen molar-refractivity contribution in [2.24, 2.45) is 0 Å². The van der Waals surface area contributed by atoms with Crippen molar-refractivity contribution in [1.29, 1.82) is 0 Å². The average Bonchev–Trinajstić information content (AvgIpc) is 2.85. The van der Waals surface area contributed by atoms with Gasteiger partial charge in [0, 0.05) is 11.6 Å². The van der Waals surface area contributed by atoms with Crippen LogP contribution in [0.1, 0.15) is 5.76 Å². The lowest BCUT2D eigenvalue weighted by Crippen LogP contribution is -1.86. The van der Waals surface area contributed by atoms with Gasteiger partial charge in [-0.25, -0.2) is 4.42 Å². The molecule has 5 rings (SSSR count). The zero-order chi connectivity index (χ0) is 21.0. The molecule has 0 atom stereocenters. The van der Waals surface area contributed by atoms with Crippen LogP contribution in [0.4, 0.5) is 0 Å². The summed E-state index contributed by atoms with van der Waals surface area (Å²) in [5.74, 6) is 1.77. The molecule has 1 aromatic heterocycles. The van der Waals surface area contributed by atoms with E-state index >= 15 is 0 Å². The Morgan fingerprint density at radius 1 is 0.387 bits per heavy atom. The molecule has 0 amide bonds. The second-order valence-electron chi connectivity index (χ2n) is 7.71. The van der Waals surface area contributed by atoms with Crippen LogP contribution in [0.3, 0.4) is 0 Å². The number of hydrogen-bond acceptors (Lipinski definition) is 0. The van der Waals surface area contributed by atoms with E-state index in [1.165, 1.54) is 27.8 Å². The molecular formula is C30H23O+. The second-order valence-corrected chi connectivity index (χ2v) is 7.71. The molecule has 0 saturated heterocycles. The summed E-state index contributed by atoms with van der Waals surface area (Å²) in [5, 5.41) is 0. The lowest BCUT2D eigenvalue weighted by atomic mass is 9.99. The Kier molecular flexibility index (Phi) is 5.16. The average molecular weight is 400 g/mol. The minimum absolute atomic E-state index is 0.877. The maximum Gasteiger partial charge on any atom is 0.360 e. The van der Waals surface area contributed by atoms with Gasteiger partial charge in [-0.3, -0.25) is 0 Å². The molecule has 1 nitrogen and oxygen atoms in total. The molecule has 0 bridgehead atoms. The first kappa shape index (κ1) is 19.0. The van der Waals surface area contributed by atoms with E-state index in [4.69, 9.17) is 4.42 Å². The highest BCUT2D eigenvalue weighted by Gasteiger charge is 2.16. The van der Waals surface area contributed by atoms with E-state index in [1.807, 2.05) is 19.1 Å². The Bertz CT molecular complexity index is 1190. The maximum atomic E-state index is 6.06. The quantitative estimate of drug-likeness (QED) is 0.276. The van der Waals surface area contributed by atoms with E-state index in [0.717, 1.165) is 22.6 Å². The second kappa shape index (κ2) is 8.41. The van der Waals surface area contributed by atoms with Crippen molar-refractivity contribution >= 4 is 0 Å². The molecule has 0 unspecified atom stereocenters. The van der Waals surface area contributed by atoms with Gasteiger partial charge >= 0.3 is 11.5 Å². The molecule has 4 aromatic carbocycles. The minimum atomic E-state index is 0.877. The Hall–Kier alpha value is -3.97. The van der Waals surface area contributed by atoms with Gasteiger partial charge in [0.1, 0.15) is 0 Å². The molecule has 0 fully saturated rings. The Morgan fingerprint density at radius 2 is 0.774 bits per heavy atom. The van der Waals surface area contributed by atoms with Gasteiger partial charge in [0.2, 0.25) is 0 Å². The van der Waals surface area contributed by atoms with Crippen LogP contribution in [-0.2, 0) is 0 Å². The number of hydrogen-bond donors (Lipinski definition) is 0. The number of benzene rings is 4. The highest BCUT2D eigenvalue weighted by atomic mass is 16.3. The zero-order valence-electron chi connectivity index (χ0n) is 17.5. The zero-order valence-corrected chi connectivity index (χ0v) is 17.5. The molecule has 0 saturated carbocycles. The highest BCUT2D eigenvalue weighted by Crippen LogP contribution is 2.31. The fourth-order valence-corrected chi connectivity index (χ4v) is 3.89. The Balaban J connectivity index is 1.45. The van der Waals surface area contributed by atoms with Crippen molar-refractivity contribution in [3.8, 4) is 44.7 Å². The molecule has 0 spiro atoms. The summed E-state index contributed by atoms with van der Waals surface area (Å²) in [4.78, 5) is 0. The van der Waals surface area contributed by atoms with Crippen LogP contribution in [-0.4, -0.2) is 0 Å². The van der Waals surface area contributed by atoms with Crippen LogP contribution >= 0.6 is 0 Å². The third kappa shape index (κ3) is 4.17. The largest absolute Gasteiger partial charge is 0.360 e. The highest BCUT2D eigenvalue weighted by molar-refractivity contribution is 5.74. The fraction of sp³-hybridized carbons (Fsp3) is 0.0333. The van der Waals surface area contributed by atoms with Crippen molar-refractivity contribution in [3.63, 3.8) is 0 Å². The summed E-state index contributed by atoms with van der Waals surface area (Å²) in [5.41, 5.74) is 8.28. The molecule has 0 N–H and O–H groups in total. The molecule has 0 radical (unpaired) electrons. The third-order valence-electron chi connectivity index (χ3n) is 5.52. The van der Waals surface area contributed by atoms with Gasteiger partial charge in [-0.1, -0.05) is 97.1 Å². The number of aryl methyl sites for hydroxylation is 1. The smallest absolute Gasteiger partial charge is 0.213 e. The summed E-state index contributed by atoms with van der Waals surface area (Å²) in [6.07, 6.45) is 0. The van der Waals surface area contributed by atoms with Gasteiger partial charge < -0.3 is 0 Å². The van der Waals surface area contributed by atoms with Crippen molar-refractivity contribution in [2.75, 3.05) is 0 Å². The van der Waals surface area contributed by atoms with Crippen LogP contribution in [0.25, 0.3) is 44.7 Å². The summed E-state index contributed by atoms with van der Waals surface area (Å²) in [7, 11) is 0. The molecule has 0 aliphatic rings. The van der Waals surface area contributed by atoms with Gasteiger partial charge in [0.15, 0.2) is 0 Å². The standard InChI is InChI=1S/C30H23O/c1-22-20-29(27-14-12-25(13-15-27)23-8-4-2-5-9-23)21-30(31-22)28-18-16-26(17-19-28)24-10-6-3-7-11-24/h2-21H,1H3/q+1. The third-order valence-corrected chi connectivity index (χ3v) is 5.52. The van der Waals surface area contributed by atoms with E-state index in [-0.39, 0.29) is 0 Å². The molecule has 148 valence electrons. The normalized spacial score (nSPS) is 10.7. The number of rotatable bonds is 4. The first-order chi connectivity index (χ1) is 15.3. The Morgan fingerprint density at radius 3 is 1.26 bits per heavy atom. The summed E-state index contributed by atoms with van der Waals surface area (Å²) >= 11 is 0. The first-order valence-electron chi connectivity index (χ1n) is 10.5. The predicted molar refractivity (Wildman–Crippen MR) is 130 cm³/mol. The molecule has 31 heavy (non-hydrogen) atoms. The molecular weight excluding hydrogens is 376 g/mol. The SMILES string of the molecule is Cc1cc(-c2ccc(-c3ccccc3)cc2)cc(-c2ccc(-c3ccccc3)cc2)[o+]1. The van der Waals surface area contributed by atoms with Gasteiger partial charge in [0.25, 0.3) is 0 Å². The van der Waals surface area contributed by atoms with Crippen molar-refractivity contribution in [1.82, 2.24) is 0 Å². The molecule has 1 heteroatoms. The van der Waals surface area contributed by atoms with E-state index in [2.05, 4.69) is 109 Å². The molecule has 5 aromatic rings. The van der Waals surface area contributed by atoms with Gasteiger partial charge in [-0.15, -0.1) is 0 Å².